The highest BCUT2D eigenvalue weighted by atomic mass is 19.1. The van der Waals surface area contributed by atoms with Crippen molar-refractivity contribution in [2.24, 2.45) is 11.3 Å². The van der Waals surface area contributed by atoms with Gasteiger partial charge in [0.25, 0.3) is 0 Å². The van der Waals surface area contributed by atoms with Crippen molar-refractivity contribution in [1.29, 1.82) is 0 Å². The van der Waals surface area contributed by atoms with Crippen molar-refractivity contribution < 1.29 is 13.5 Å². The Morgan fingerprint density at radius 3 is 2.91 bits per heavy atom. The number of anilines is 1. The third-order valence-electron chi connectivity index (χ3n) is 9.41. The lowest BCUT2D eigenvalue weighted by molar-refractivity contribution is 0.0649. The Labute approximate surface area is 198 Å². The first kappa shape index (κ1) is 21.0. The molecule has 5 fully saturated rings. The van der Waals surface area contributed by atoms with Crippen LogP contribution in [0.4, 0.5) is 14.6 Å². The van der Waals surface area contributed by atoms with Gasteiger partial charge in [-0.1, -0.05) is 6.42 Å². The summed E-state index contributed by atoms with van der Waals surface area (Å²) in [6.07, 6.45) is 11.4. The van der Waals surface area contributed by atoms with E-state index in [0.29, 0.717) is 42.6 Å². The van der Waals surface area contributed by atoms with Crippen LogP contribution in [0.3, 0.4) is 0 Å². The van der Waals surface area contributed by atoms with Gasteiger partial charge < -0.3 is 9.64 Å². The van der Waals surface area contributed by atoms with Crippen molar-refractivity contribution >= 4 is 16.7 Å². The van der Waals surface area contributed by atoms with Gasteiger partial charge in [-0.3, -0.25) is 9.88 Å². The predicted octanol–water partition coefficient (Wildman–Crippen LogP) is 4.71. The summed E-state index contributed by atoms with van der Waals surface area (Å²) >= 11 is 0. The van der Waals surface area contributed by atoms with Crippen LogP contribution < -0.4 is 9.64 Å². The molecule has 2 aliphatic carbocycles. The first-order valence-corrected chi connectivity index (χ1v) is 12.8. The monoisotopic (exact) mass is 467 g/mol. The van der Waals surface area contributed by atoms with E-state index >= 15 is 4.39 Å². The van der Waals surface area contributed by atoms with Crippen LogP contribution in [0.2, 0.25) is 0 Å². The van der Waals surface area contributed by atoms with E-state index < -0.39 is 5.82 Å². The van der Waals surface area contributed by atoms with Crippen LogP contribution in [-0.4, -0.2) is 57.7 Å². The molecule has 1 spiro atoms. The molecule has 3 aliphatic heterocycles. The van der Waals surface area contributed by atoms with Gasteiger partial charge in [0.15, 0.2) is 5.82 Å². The molecule has 2 saturated carbocycles. The smallest absolute Gasteiger partial charge is 0.319 e. The molecule has 0 bridgehead atoms. The van der Waals surface area contributed by atoms with Gasteiger partial charge in [0.2, 0.25) is 0 Å². The summed E-state index contributed by atoms with van der Waals surface area (Å²) in [7, 11) is 0. The Hall–Kier alpha value is -2.35. The molecule has 2 aromatic heterocycles. The molecule has 0 amide bonds. The molecule has 7 rings (SSSR count). The maximum atomic E-state index is 15.2. The van der Waals surface area contributed by atoms with Crippen LogP contribution in [0.15, 0.2) is 18.1 Å². The average Bonchev–Trinajstić information content (AvgIpc) is 3.73. The zero-order chi connectivity index (χ0) is 23.1. The molecule has 180 valence electrons. The number of fused-ring (bicyclic) bond motifs is 4. The zero-order valence-electron chi connectivity index (χ0n) is 19.7. The van der Waals surface area contributed by atoms with Crippen LogP contribution in [0.25, 0.3) is 10.9 Å². The Morgan fingerprint density at radius 2 is 2.09 bits per heavy atom. The fourth-order valence-corrected chi connectivity index (χ4v) is 7.19. The molecule has 6 nitrogen and oxygen atoms in total. The summed E-state index contributed by atoms with van der Waals surface area (Å²) in [4.78, 5) is 18.4. The van der Waals surface area contributed by atoms with Crippen molar-refractivity contribution in [3.05, 3.63) is 29.6 Å². The highest BCUT2D eigenvalue weighted by molar-refractivity contribution is 5.90. The average molecular weight is 468 g/mol. The standard InChI is InChI=1S/C26H31F2N5O/c1-16-21(28)22-19(13-29-16)23(33-8-3-2-4-18-10-20(18)33)31-24(30-22)34-15-26-11-17(12-27)14-32(26)9-7-25(26)5-6-25/h12-13,18,20H,2-11,14-15H2,1H3/b17-12+/t18-,20+,26-/m0/s1. The van der Waals surface area contributed by atoms with E-state index in [2.05, 4.69) is 19.8 Å². The summed E-state index contributed by atoms with van der Waals surface area (Å²) < 4.78 is 35.1. The Morgan fingerprint density at radius 1 is 1.21 bits per heavy atom. The minimum absolute atomic E-state index is 0.204. The van der Waals surface area contributed by atoms with E-state index in [0.717, 1.165) is 56.5 Å². The second kappa shape index (κ2) is 7.33. The van der Waals surface area contributed by atoms with Crippen LogP contribution in [0.1, 0.15) is 57.1 Å². The van der Waals surface area contributed by atoms with E-state index in [4.69, 9.17) is 9.72 Å². The lowest BCUT2D eigenvalue weighted by Gasteiger charge is -2.37. The molecule has 0 radical (unpaired) electrons. The minimum Gasteiger partial charge on any atom is -0.461 e. The highest BCUT2D eigenvalue weighted by Gasteiger charge is 2.67. The topological polar surface area (TPSA) is 54.4 Å². The van der Waals surface area contributed by atoms with Gasteiger partial charge >= 0.3 is 6.01 Å². The largest absolute Gasteiger partial charge is 0.461 e. The van der Waals surface area contributed by atoms with Gasteiger partial charge in [-0.2, -0.15) is 9.97 Å². The number of halogens is 2. The number of rotatable bonds is 4. The van der Waals surface area contributed by atoms with Gasteiger partial charge in [-0.05, 0) is 75.3 Å². The normalized spacial score (nSPS) is 32.8. The molecule has 2 aromatic rings. The summed E-state index contributed by atoms with van der Waals surface area (Å²) in [5, 5.41) is 0.658. The fourth-order valence-electron chi connectivity index (χ4n) is 7.19. The summed E-state index contributed by atoms with van der Waals surface area (Å²) in [5.41, 5.74) is 1.45. The van der Waals surface area contributed by atoms with Gasteiger partial charge in [-0.25, -0.2) is 8.78 Å². The number of pyridine rings is 1. The Bertz CT molecular complexity index is 1200. The van der Waals surface area contributed by atoms with Crippen molar-refractivity contribution in [2.75, 3.05) is 31.1 Å². The van der Waals surface area contributed by atoms with Crippen molar-refractivity contribution in [2.45, 2.75) is 69.9 Å². The van der Waals surface area contributed by atoms with E-state index in [1.807, 2.05) is 0 Å². The zero-order valence-corrected chi connectivity index (χ0v) is 19.7. The van der Waals surface area contributed by atoms with Crippen molar-refractivity contribution in [1.82, 2.24) is 19.9 Å². The lowest BCUT2D eigenvalue weighted by atomic mass is 9.80. The third kappa shape index (κ3) is 2.96. The fraction of sp³-hybridized carbons (Fsp3) is 0.654. The van der Waals surface area contributed by atoms with Crippen LogP contribution in [-0.2, 0) is 0 Å². The van der Waals surface area contributed by atoms with Gasteiger partial charge in [0, 0.05) is 25.3 Å². The molecular formula is C26H31F2N5O. The van der Waals surface area contributed by atoms with Crippen molar-refractivity contribution in [3.8, 4) is 6.01 Å². The molecule has 34 heavy (non-hydrogen) atoms. The maximum absolute atomic E-state index is 15.2. The second-order valence-corrected chi connectivity index (χ2v) is 11.2. The molecule has 0 N–H and O–H groups in total. The molecule has 5 heterocycles. The van der Waals surface area contributed by atoms with E-state index in [1.165, 1.54) is 19.3 Å². The highest BCUT2D eigenvalue weighted by Crippen LogP contribution is 2.66. The summed E-state index contributed by atoms with van der Waals surface area (Å²) in [5.74, 6) is 1.04. The number of ether oxygens (including phenoxy) is 1. The van der Waals surface area contributed by atoms with E-state index in [-0.39, 0.29) is 22.5 Å². The molecule has 3 atom stereocenters. The third-order valence-corrected chi connectivity index (χ3v) is 9.41. The van der Waals surface area contributed by atoms with Crippen LogP contribution >= 0.6 is 0 Å². The molecular weight excluding hydrogens is 436 g/mol. The number of hydrogen-bond acceptors (Lipinski definition) is 6. The predicted molar refractivity (Wildman–Crippen MR) is 125 cm³/mol. The van der Waals surface area contributed by atoms with Crippen molar-refractivity contribution in [3.63, 3.8) is 0 Å². The van der Waals surface area contributed by atoms with E-state index in [1.54, 1.807) is 13.1 Å². The number of nitrogens with zero attached hydrogens (tertiary/aromatic N) is 5. The number of aromatic nitrogens is 3. The van der Waals surface area contributed by atoms with E-state index in [9.17, 15) is 4.39 Å². The van der Waals surface area contributed by atoms with Crippen LogP contribution in [0, 0.1) is 24.1 Å². The van der Waals surface area contributed by atoms with Gasteiger partial charge in [0.1, 0.15) is 17.9 Å². The first-order chi connectivity index (χ1) is 16.5. The maximum Gasteiger partial charge on any atom is 0.319 e. The first-order valence-electron chi connectivity index (χ1n) is 12.8. The summed E-state index contributed by atoms with van der Waals surface area (Å²) in [6.45, 7) is 4.62. The second-order valence-electron chi connectivity index (χ2n) is 11.2. The minimum atomic E-state index is -0.406. The quantitative estimate of drug-likeness (QED) is 0.649. The number of hydrogen-bond donors (Lipinski definition) is 0. The summed E-state index contributed by atoms with van der Waals surface area (Å²) in [6, 6.07) is 0.687. The van der Waals surface area contributed by atoms with Gasteiger partial charge in [-0.15, -0.1) is 0 Å². The molecule has 5 aliphatic rings. The number of aryl methyl sites for hydroxylation is 1. The van der Waals surface area contributed by atoms with Crippen LogP contribution in [0.5, 0.6) is 6.01 Å². The molecule has 8 heteroatoms. The molecule has 0 unspecified atom stereocenters. The Balaban J connectivity index is 1.27. The Kier molecular flexibility index (Phi) is 4.52. The lowest BCUT2D eigenvalue weighted by Crippen LogP contribution is -2.49. The van der Waals surface area contributed by atoms with Gasteiger partial charge in [0.05, 0.1) is 22.9 Å². The molecule has 3 saturated heterocycles. The molecule has 0 aromatic carbocycles. The SMILES string of the molecule is Cc1ncc2c(N3CCCC[C@H]4C[C@H]43)nc(OC[C@]34C/C(=C\F)CN3CCC43CC3)nc2c1F.